The standard InChI is InChI=1S/C33H30F8N6O3S/c1-46(21-8-22(49)18(21)12-48)29-16-7-19(32(36,37)38)24(15-3-4-20(35)27-23(15)17(10-42)28(43)51-27)25(33(39,40)41)26(16)44-30(45-29)50-13-31-5-2-6-47(31)11-14(34)9-31/h3-4,7,14,18,21-22,48-49H,2,5-6,8-9,11-13,43H2,1H3/t14-,18+,21-,22+,31+/m1/s1. The number of nitrogens with two attached hydrogens (primary N) is 1. The van der Waals surface area contributed by atoms with Gasteiger partial charge in [-0.25, -0.2) is 8.78 Å². The van der Waals surface area contributed by atoms with Gasteiger partial charge >= 0.3 is 18.4 Å². The summed E-state index contributed by atoms with van der Waals surface area (Å²) in [6, 6.07) is 2.23. The molecule has 272 valence electrons. The van der Waals surface area contributed by atoms with Crippen molar-refractivity contribution in [3.8, 4) is 23.2 Å². The van der Waals surface area contributed by atoms with E-state index in [2.05, 4.69) is 9.97 Å². The highest BCUT2D eigenvalue weighted by Gasteiger charge is 2.50. The number of rotatable bonds is 7. The van der Waals surface area contributed by atoms with E-state index in [0.29, 0.717) is 36.4 Å². The molecule has 3 fully saturated rings. The average molecular weight is 743 g/mol. The summed E-state index contributed by atoms with van der Waals surface area (Å²) < 4.78 is 127. The van der Waals surface area contributed by atoms with Crippen LogP contribution in [0.2, 0.25) is 0 Å². The summed E-state index contributed by atoms with van der Waals surface area (Å²) in [6.07, 6.45) is -11.7. The molecule has 0 bridgehead atoms. The second-order valence-electron chi connectivity index (χ2n) is 13.3. The number of nitrogens with zero attached hydrogens (tertiary/aromatic N) is 5. The Hall–Kier alpha value is -4.05. The quantitative estimate of drug-likeness (QED) is 0.188. The molecule has 5 atom stereocenters. The fraction of sp³-hybridized carbons (Fsp3) is 0.485. The van der Waals surface area contributed by atoms with E-state index in [9.17, 15) is 24.3 Å². The maximum absolute atomic E-state index is 15.5. The van der Waals surface area contributed by atoms with E-state index in [4.69, 9.17) is 10.5 Å². The number of halogens is 8. The molecule has 9 nitrogen and oxygen atoms in total. The molecule has 0 amide bonds. The Bertz CT molecular complexity index is 2080. The van der Waals surface area contributed by atoms with Gasteiger partial charge in [0.05, 0.1) is 45.2 Å². The fourth-order valence-corrected chi connectivity index (χ4v) is 8.95. The van der Waals surface area contributed by atoms with Crippen LogP contribution in [0.15, 0.2) is 18.2 Å². The van der Waals surface area contributed by atoms with Crippen LogP contribution in [0.5, 0.6) is 6.01 Å². The van der Waals surface area contributed by atoms with E-state index in [-0.39, 0.29) is 31.0 Å². The third-order valence-corrected chi connectivity index (χ3v) is 11.5. The van der Waals surface area contributed by atoms with Gasteiger partial charge in [0.1, 0.15) is 35.5 Å². The van der Waals surface area contributed by atoms with E-state index in [0.717, 1.165) is 12.5 Å². The zero-order chi connectivity index (χ0) is 36.8. The van der Waals surface area contributed by atoms with Crippen LogP contribution in [0.3, 0.4) is 0 Å². The van der Waals surface area contributed by atoms with Crippen LogP contribution in [0.1, 0.15) is 42.4 Å². The summed E-state index contributed by atoms with van der Waals surface area (Å²) in [5.74, 6) is -2.19. The molecular formula is C33H30F8N6O3S. The minimum atomic E-state index is -5.53. The van der Waals surface area contributed by atoms with Gasteiger partial charge in [-0.05, 0) is 43.5 Å². The van der Waals surface area contributed by atoms with E-state index >= 15 is 26.3 Å². The van der Waals surface area contributed by atoms with E-state index < -0.39 is 115 Å². The van der Waals surface area contributed by atoms with Crippen molar-refractivity contribution < 1.29 is 50.1 Å². The van der Waals surface area contributed by atoms with Crippen LogP contribution in [0.25, 0.3) is 32.1 Å². The molecule has 2 aromatic heterocycles. The largest absolute Gasteiger partial charge is 0.461 e. The van der Waals surface area contributed by atoms with Crippen molar-refractivity contribution >= 4 is 43.1 Å². The number of ether oxygens (including phenoxy) is 1. The molecule has 4 heterocycles. The lowest BCUT2D eigenvalue weighted by Crippen LogP contribution is -2.56. The molecule has 2 saturated heterocycles. The molecule has 4 N–H and O–H groups in total. The monoisotopic (exact) mass is 742 g/mol. The topological polar surface area (TPSA) is 132 Å². The maximum atomic E-state index is 15.5. The first kappa shape index (κ1) is 35.4. The van der Waals surface area contributed by atoms with Crippen LogP contribution in [0, 0.1) is 23.1 Å². The van der Waals surface area contributed by atoms with Gasteiger partial charge in [0, 0.05) is 48.3 Å². The molecule has 51 heavy (non-hydrogen) atoms. The number of anilines is 2. The predicted molar refractivity (Wildman–Crippen MR) is 171 cm³/mol. The summed E-state index contributed by atoms with van der Waals surface area (Å²) >= 11 is 0.512. The smallest absolute Gasteiger partial charge is 0.419 e. The minimum Gasteiger partial charge on any atom is -0.461 e. The SMILES string of the molecule is CN(c1nc(OC[C@@]23CCCN2C[C@H](F)C3)nc2c(C(F)(F)F)c(-c3ccc(F)c4sc(N)c(C#N)c34)c(C(F)(F)F)cc12)[C@@H]1C[C@H](O)[C@H]1CO. The molecular weight excluding hydrogens is 712 g/mol. The number of aromatic nitrogens is 2. The molecule has 2 aromatic carbocycles. The Balaban J connectivity index is 1.53. The first-order valence-electron chi connectivity index (χ1n) is 16.0. The Labute approximate surface area is 288 Å². The number of hydrogen-bond donors (Lipinski definition) is 3. The van der Waals surface area contributed by atoms with Crippen molar-refractivity contribution in [1.29, 1.82) is 5.26 Å². The number of nitrogen functional groups attached to an aromatic ring is 1. The van der Waals surface area contributed by atoms with Gasteiger partial charge in [0.25, 0.3) is 0 Å². The third kappa shape index (κ3) is 5.69. The minimum absolute atomic E-state index is 0.0276. The first-order chi connectivity index (χ1) is 24.0. The highest BCUT2D eigenvalue weighted by atomic mass is 32.1. The molecule has 0 radical (unpaired) electrons. The molecule has 18 heteroatoms. The van der Waals surface area contributed by atoms with Crippen LogP contribution in [-0.2, 0) is 12.4 Å². The summed E-state index contributed by atoms with van der Waals surface area (Å²) in [4.78, 5) is 11.5. The Morgan fingerprint density at radius 1 is 1.20 bits per heavy atom. The van der Waals surface area contributed by atoms with Crippen molar-refractivity contribution in [3.05, 3.63) is 40.7 Å². The van der Waals surface area contributed by atoms with E-state index in [1.807, 2.05) is 4.90 Å². The normalized spacial score (nSPS) is 25.3. The van der Waals surface area contributed by atoms with E-state index in [1.165, 1.54) is 11.9 Å². The lowest BCUT2D eigenvalue weighted by atomic mass is 9.76. The zero-order valence-corrected chi connectivity index (χ0v) is 27.6. The van der Waals surface area contributed by atoms with Crippen LogP contribution >= 0.6 is 11.3 Å². The second kappa shape index (κ2) is 12.3. The van der Waals surface area contributed by atoms with Gasteiger partial charge < -0.3 is 25.6 Å². The average Bonchev–Trinajstić information content (AvgIpc) is 3.69. The number of hydrogen-bond acceptors (Lipinski definition) is 10. The van der Waals surface area contributed by atoms with Crippen molar-refractivity contribution in [1.82, 2.24) is 14.9 Å². The number of aliphatic hydroxyl groups excluding tert-OH is 2. The van der Waals surface area contributed by atoms with Gasteiger partial charge in [-0.3, -0.25) is 4.90 Å². The summed E-state index contributed by atoms with van der Waals surface area (Å²) in [5.41, 5.74) is -2.11. The van der Waals surface area contributed by atoms with Gasteiger partial charge in [0.15, 0.2) is 0 Å². The third-order valence-electron chi connectivity index (χ3n) is 10.5. The lowest BCUT2D eigenvalue weighted by Gasteiger charge is -2.46. The van der Waals surface area contributed by atoms with Gasteiger partial charge in [-0.15, -0.1) is 11.3 Å². The molecule has 7 rings (SSSR count). The van der Waals surface area contributed by atoms with Crippen LogP contribution in [0.4, 0.5) is 45.9 Å². The molecule has 3 aliphatic rings. The second-order valence-corrected chi connectivity index (χ2v) is 14.4. The number of thiophene rings is 1. The zero-order valence-electron chi connectivity index (χ0n) is 26.7. The van der Waals surface area contributed by atoms with Gasteiger partial charge in [-0.1, -0.05) is 6.07 Å². The molecule has 0 unspecified atom stereocenters. The van der Waals surface area contributed by atoms with Crippen molar-refractivity contribution in [3.63, 3.8) is 0 Å². The summed E-state index contributed by atoms with van der Waals surface area (Å²) in [7, 11) is 1.36. The maximum Gasteiger partial charge on any atom is 0.419 e. The number of aliphatic hydroxyl groups is 2. The highest BCUT2D eigenvalue weighted by Crippen LogP contribution is 2.52. The van der Waals surface area contributed by atoms with Crippen LogP contribution < -0.4 is 15.4 Å². The van der Waals surface area contributed by atoms with Gasteiger partial charge in [-0.2, -0.15) is 41.6 Å². The predicted octanol–water partition coefficient (Wildman–Crippen LogP) is 6.28. The summed E-state index contributed by atoms with van der Waals surface area (Å²) in [5, 5.41) is 28.4. The summed E-state index contributed by atoms with van der Waals surface area (Å²) in [6.45, 7) is -0.0118. The first-order valence-corrected chi connectivity index (χ1v) is 16.8. The molecule has 4 aromatic rings. The van der Waals surface area contributed by atoms with E-state index in [1.54, 1.807) is 6.07 Å². The number of fused-ring (bicyclic) bond motifs is 3. The molecule has 0 spiro atoms. The molecule has 1 aliphatic carbocycles. The van der Waals surface area contributed by atoms with Crippen LogP contribution in [-0.4, -0.2) is 82.3 Å². The number of benzene rings is 2. The number of nitriles is 1. The lowest BCUT2D eigenvalue weighted by molar-refractivity contribution is -0.141. The molecule has 1 saturated carbocycles. The van der Waals surface area contributed by atoms with Crippen molar-refractivity contribution in [2.75, 3.05) is 44.0 Å². The number of alkyl halides is 7. The molecule has 2 aliphatic heterocycles. The Morgan fingerprint density at radius 3 is 2.59 bits per heavy atom. The Kier molecular flexibility index (Phi) is 8.51. The fourth-order valence-electron chi connectivity index (χ4n) is 8.00. The Morgan fingerprint density at radius 2 is 1.94 bits per heavy atom. The van der Waals surface area contributed by atoms with Crippen molar-refractivity contribution in [2.45, 2.75) is 61.9 Å². The van der Waals surface area contributed by atoms with Gasteiger partial charge in [0.2, 0.25) is 0 Å². The highest BCUT2D eigenvalue weighted by molar-refractivity contribution is 7.23. The van der Waals surface area contributed by atoms with Crippen molar-refractivity contribution in [2.24, 2.45) is 5.92 Å².